The van der Waals surface area contributed by atoms with Crippen molar-refractivity contribution in [1.82, 2.24) is 4.98 Å². The Hall–Kier alpha value is -1.83. The Morgan fingerprint density at radius 2 is 2.00 bits per heavy atom. The summed E-state index contributed by atoms with van der Waals surface area (Å²) in [6, 6.07) is 11.2. The highest BCUT2D eigenvalue weighted by atomic mass is 14.9. The number of H-pyrrole nitrogens is 1. The van der Waals surface area contributed by atoms with Crippen LogP contribution in [0.2, 0.25) is 0 Å². The van der Waals surface area contributed by atoms with Crippen LogP contribution in [0.5, 0.6) is 0 Å². The summed E-state index contributed by atoms with van der Waals surface area (Å²) in [6.45, 7) is 10.9. The number of nitrogens with zero attached hydrogens (tertiary/aromatic N) is 1. The molecule has 0 saturated carbocycles. The van der Waals surface area contributed by atoms with Crippen LogP contribution in [-0.2, 0) is 6.42 Å². The molecule has 0 fully saturated rings. The fraction of sp³-hybridized carbons (Fsp3) is 0.450. The van der Waals surface area contributed by atoms with E-state index in [0.717, 1.165) is 18.7 Å². The Kier molecular flexibility index (Phi) is 5.59. The third-order valence-electron chi connectivity index (χ3n) is 4.06. The summed E-state index contributed by atoms with van der Waals surface area (Å²) in [7, 11) is 0. The second-order valence-electron chi connectivity index (χ2n) is 6.44. The van der Waals surface area contributed by atoms with E-state index in [4.69, 9.17) is 0 Å². The van der Waals surface area contributed by atoms with Gasteiger partial charge < -0.3 is 4.98 Å². The minimum atomic E-state index is 0.408. The second kappa shape index (κ2) is 7.44. The Labute approximate surface area is 134 Å². The Morgan fingerprint density at radius 3 is 2.59 bits per heavy atom. The largest absolute Gasteiger partial charge is 0.343 e. The third kappa shape index (κ3) is 3.88. The van der Waals surface area contributed by atoms with Gasteiger partial charge in [-0.3, -0.25) is 0 Å². The predicted octanol–water partition coefficient (Wildman–Crippen LogP) is 5.79. The summed E-state index contributed by atoms with van der Waals surface area (Å²) in [5.74, 6) is 2.07. The molecule has 1 aromatic heterocycles. The highest BCUT2D eigenvalue weighted by Gasteiger charge is 2.19. The van der Waals surface area contributed by atoms with Crippen molar-refractivity contribution in [3.05, 3.63) is 52.7 Å². The minimum Gasteiger partial charge on any atom is -0.343 e. The number of benzene rings is 1. The van der Waals surface area contributed by atoms with Gasteiger partial charge in [-0.25, -0.2) is 4.99 Å². The van der Waals surface area contributed by atoms with Crippen LogP contribution in [0, 0.1) is 12.8 Å². The zero-order valence-electron chi connectivity index (χ0n) is 14.5. The number of aryl methyl sites for hydroxylation is 2. The van der Waals surface area contributed by atoms with Gasteiger partial charge in [0.1, 0.15) is 5.82 Å². The summed E-state index contributed by atoms with van der Waals surface area (Å²) < 4.78 is 0. The van der Waals surface area contributed by atoms with Crippen molar-refractivity contribution in [2.75, 3.05) is 0 Å². The first-order valence-corrected chi connectivity index (χ1v) is 8.32. The quantitative estimate of drug-likeness (QED) is 0.654. The van der Waals surface area contributed by atoms with E-state index in [9.17, 15) is 0 Å². The van der Waals surface area contributed by atoms with Crippen LogP contribution in [0.4, 0.5) is 5.82 Å². The number of hydrogen-bond donors (Lipinski definition) is 1. The zero-order chi connectivity index (χ0) is 16.1. The molecule has 0 aliphatic rings. The smallest absolute Gasteiger partial charge is 0.132 e. The first-order valence-electron chi connectivity index (χ1n) is 8.32. The molecule has 2 nitrogen and oxygen atoms in total. The van der Waals surface area contributed by atoms with E-state index in [1.165, 1.54) is 22.4 Å². The van der Waals surface area contributed by atoms with Crippen molar-refractivity contribution in [1.29, 1.82) is 0 Å². The van der Waals surface area contributed by atoms with E-state index in [1.807, 2.05) is 13.1 Å². The average molecular weight is 296 g/mol. The van der Waals surface area contributed by atoms with Gasteiger partial charge in [0.25, 0.3) is 0 Å². The zero-order valence-corrected chi connectivity index (χ0v) is 14.5. The van der Waals surface area contributed by atoms with E-state index >= 15 is 0 Å². The van der Waals surface area contributed by atoms with Crippen molar-refractivity contribution in [2.45, 2.75) is 53.4 Å². The van der Waals surface area contributed by atoms with Gasteiger partial charge in [0, 0.05) is 17.8 Å². The molecule has 1 aromatic carbocycles. The van der Waals surface area contributed by atoms with Gasteiger partial charge in [-0.05, 0) is 49.8 Å². The summed E-state index contributed by atoms with van der Waals surface area (Å²) in [4.78, 5) is 8.05. The van der Waals surface area contributed by atoms with Gasteiger partial charge in [0.15, 0.2) is 0 Å². The van der Waals surface area contributed by atoms with Gasteiger partial charge in [-0.1, -0.05) is 50.6 Å². The monoisotopic (exact) mass is 296 g/mol. The lowest BCUT2D eigenvalue weighted by molar-refractivity contribution is 0.536. The van der Waals surface area contributed by atoms with Crippen molar-refractivity contribution in [3.8, 4) is 0 Å². The predicted molar refractivity (Wildman–Crippen MR) is 96.5 cm³/mol. The topological polar surface area (TPSA) is 28.1 Å². The van der Waals surface area contributed by atoms with Gasteiger partial charge in [-0.15, -0.1) is 0 Å². The third-order valence-corrected chi connectivity index (χ3v) is 4.06. The summed E-state index contributed by atoms with van der Waals surface area (Å²) in [5, 5.41) is 0. The molecule has 1 N–H and O–H groups in total. The van der Waals surface area contributed by atoms with Crippen LogP contribution in [0.1, 0.15) is 62.4 Å². The van der Waals surface area contributed by atoms with E-state index in [2.05, 4.69) is 68.0 Å². The molecule has 1 atom stereocenters. The molecule has 0 amide bonds. The van der Waals surface area contributed by atoms with Gasteiger partial charge in [0.2, 0.25) is 0 Å². The van der Waals surface area contributed by atoms with Gasteiger partial charge in [0.05, 0.1) is 0 Å². The summed E-state index contributed by atoms with van der Waals surface area (Å²) >= 11 is 0. The number of nitrogens with one attached hydrogen (secondary N) is 1. The number of aliphatic imine (C=N–C) groups is 1. The molecule has 2 heteroatoms. The summed E-state index contributed by atoms with van der Waals surface area (Å²) in [5.41, 5.74) is 5.30. The first-order chi connectivity index (χ1) is 10.5. The second-order valence-corrected chi connectivity index (χ2v) is 6.44. The van der Waals surface area contributed by atoms with Crippen LogP contribution < -0.4 is 0 Å². The number of hydrogen-bond acceptors (Lipinski definition) is 1. The molecule has 1 heterocycles. The molecule has 0 aliphatic heterocycles. The van der Waals surface area contributed by atoms with Crippen LogP contribution in [0.3, 0.4) is 0 Å². The molecular weight excluding hydrogens is 268 g/mol. The number of aromatic nitrogens is 1. The molecule has 0 saturated heterocycles. The molecule has 2 aromatic rings. The highest BCUT2D eigenvalue weighted by molar-refractivity contribution is 5.61. The Morgan fingerprint density at radius 1 is 1.23 bits per heavy atom. The maximum Gasteiger partial charge on any atom is 0.132 e. The summed E-state index contributed by atoms with van der Waals surface area (Å²) in [6.07, 6.45) is 4.01. The molecule has 118 valence electrons. The molecule has 0 spiro atoms. The molecular formula is C20H28N2. The SMILES string of the molecule is C/C=N\c1[nH]c(C(CC(C)C)c2cccc(C)c2)cc1CC. The first kappa shape index (κ1) is 16.5. The molecule has 22 heavy (non-hydrogen) atoms. The van der Waals surface area contributed by atoms with E-state index in [-0.39, 0.29) is 0 Å². The minimum absolute atomic E-state index is 0.408. The van der Waals surface area contributed by atoms with E-state index in [0.29, 0.717) is 11.8 Å². The van der Waals surface area contributed by atoms with Crippen LogP contribution in [0.15, 0.2) is 35.3 Å². The highest BCUT2D eigenvalue weighted by Crippen LogP contribution is 2.34. The van der Waals surface area contributed by atoms with Crippen LogP contribution in [0.25, 0.3) is 0 Å². The van der Waals surface area contributed by atoms with Crippen molar-refractivity contribution >= 4 is 12.0 Å². The molecule has 0 bridgehead atoms. The average Bonchev–Trinajstić information content (AvgIpc) is 2.88. The maximum atomic E-state index is 4.49. The van der Waals surface area contributed by atoms with Gasteiger partial charge >= 0.3 is 0 Å². The van der Waals surface area contributed by atoms with Crippen LogP contribution in [-0.4, -0.2) is 11.2 Å². The van der Waals surface area contributed by atoms with Crippen molar-refractivity contribution in [3.63, 3.8) is 0 Å². The fourth-order valence-corrected chi connectivity index (χ4v) is 3.01. The molecule has 0 aliphatic carbocycles. The van der Waals surface area contributed by atoms with Crippen molar-refractivity contribution < 1.29 is 0 Å². The van der Waals surface area contributed by atoms with E-state index < -0.39 is 0 Å². The lowest BCUT2D eigenvalue weighted by Gasteiger charge is -2.19. The van der Waals surface area contributed by atoms with E-state index in [1.54, 1.807) is 0 Å². The Bertz CT molecular complexity index is 635. The molecule has 1 unspecified atom stereocenters. The fourth-order valence-electron chi connectivity index (χ4n) is 3.01. The maximum absolute atomic E-state index is 4.49. The molecule has 0 radical (unpaired) electrons. The lowest BCUT2D eigenvalue weighted by Crippen LogP contribution is -2.05. The molecule has 2 rings (SSSR count). The lowest BCUT2D eigenvalue weighted by atomic mass is 9.87. The number of rotatable bonds is 6. The normalized spacial score (nSPS) is 13.2. The van der Waals surface area contributed by atoms with Crippen molar-refractivity contribution in [2.24, 2.45) is 10.9 Å². The Balaban J connectivity index is 2.45. The number of aromatic amines is 1. The van der Waals surface area contributed by atoms with Crippen LogP contribution >= 0.6 is 0 Å². The standard InChI is InChI=1S/C20H28N2/c1-6-16-13-19(22-20(16)21-7-2)18(11-14(3)4)17-10-8-9-15(5)12-17/h7-10,12-14,18,22H,6,11H2,1-5H3/b21-7-. The van der Waals surface area contributed by atoms with Gasteiger partial charge in [-0.2, -0.15) is 0 Å².